The Kier molecular flexibility index (Phi) is 5.78. The predicted molar refractivity (Wildman–Crippen MR) is 105 cm³/mol. The quantitative estimate of drug-likeness (QED) is 0.812. The number of nitrogens with zero attached hydrogens (tertiary/aromatic N) is 1. The number of rotatable bonds is 6. The number of carbonyl (C=O) groups excluding carboxylic acids is 2. The van der Waals surface area contributed by atoms with Crippen molar-refractivity contribution in [2.75, 3.05) is 23.3 Å². The Bertz CT molecular complexity index is 775. The lowest BCUT2D eigenvalue weighted by Gasteiger charge is -2.17. The van der Waals surface area contributed by atoms with Gasteiger partial charge in [0.1, 0.15) is 0 Å². The monoisotopic (exact) mass is 371 g/mol. The number of nitrogens with one attached hydrogen (secondary N) is 2. The van der Waals surface area contributed by atoms with Crippen molar-refractivity contribution in [1.29, 1.82) is 0 Å². The van der Waals surface area contributed by atoms with Gasteiger partial charge < -0.3 is 15.5 Å². The zero-order valence-corrected chi connectivity index (χ0v) is 15.4. The maximum Gasteiger partial charge on any atom is 0.239 e. The highest BCUT2D eigenvalue weighted by molar-refractivity contribution is 6.30. The van der Waals surface area contributed by atoms with E-state index in [4.69, 9.17) is 11.6 Å². The first-order chi connectivity index (χ1) is 12.5. The second kappa shape index (κ2) is 8.23. The van der Waals surface area contributed by atoms with Crippen LogP contribution in [0.15, 0.2) is 48.5 Å². The van der Waals surface area contributed by atoms with Crippen LogP contribution in [-0.2, 0) is 9.59 Å². The van der Waals surface area contributed by atoms with E-state index >= 15 is 0 Å². The van der Waals surface area contributed by atoms with Gasteiger partial charge in [-0.1, -0.05) is 23.7 Å². The van der Waals surface area contributed by atoms with Crippen LogP contribution in [0.2, 0.25) is 5.02 Å². The molecule has 0 spiro atoms. The van der Waals surface area contributed by atoms with Gasteiger partial charge in [0.05, 0.1) is 12.6 Å². The molecule has 0 bridgehead atoms. The Morgan fingerprint density at radius 2 is 1.85 bits per heavy atom. The van der Waals surface area contributed by atoms with Gasteiger partial charge >= 0.3 is 0 Å². The molecule has 1 heterocycles. The van der Waals surface area contributed by atoms with E-state index in [0.29, 0.717) is 11.4 Å². The van der Waals surface area contributed by atoms with Crippen LogP contribution in [0, 0.1) is 0 Å². The molecule has 0 aliphatic carbocycles. The summed E-state index contributed by atoms with van der Waals surface area (Å²) in [7, 11) is 0. The topological polar surface area (TPSA) is 61.4 Å². The van der Waals surface area contributed by atoms with Gasteiger partial charge in [-0.25, -0.2) is 0 Å². The van der Waals surface area contributed by atoms with Crippen LogP contribution in [0.5, 0.6) is 0 Å². The van der Waals surface area contributed by atoms with Gasteiger partial charge in [-0.3, -0.25) is 9.59 Å². The number of anilines is 2. The molecule has 0 radical (unpaired) electrons. The second-order valence-corrected chi connectivity index (χ2v) is 6.83. The number of hydrogen-bond donors (Lipinski definition) is 2. The number of benzene rings is 2. The molecule has 26 heavy (non-hydrogen) atoms. The first kappa shape index (κ1) is 18.3. The van der Waals surface area contributed by atoms with Gasteiger partial charge in [0.15, 0.2) is 0 Å². The Hall–Kier alpha value is -2.53. The Balaban J connectivity index is 1.49. The first-order valence-electron chi connectivity index (χ1n) is 8.72. The second-order valence-electron chi connectivity index (χ2n) is 6.39. The Morgan fingerprint density at radius 3 is 2.46 bits per heavy atom. The molecule has 2 amide bonds. The van der Waals surface area contributed by atoms with Crippen LogP contribution in [0.25, 0.3) is 0 Å². The van der Waals surface area contributed by atoms with Gasteiger partial charge in [0, 0.05) is 29.4 Å². The number of halogens is 1. The molecule has 1 saturated heterocycles. The van der Waals surface area contributed by atoms with Crippen LogP contribution in [0.4, 0.5) is 11.4 Å². The number of carbonyl (C=O) groups is 2. The van der Waals surface area contributed by atoms with E-state index in [9.17, 15) is 9.59 Å². The fourth-order valence-electron chi connectivity index (χ4n) is 2.99. The highest BCUT2D eigenvalue weighted by atomic mass is 35.5. The highest BCUT2D eigenvalue weighted by Crippen LogP contribution is 2.23. The maximum absolute atomic E-state index is 12.1. The molecule has 136 valence electrons. The van der Waals surface area contributed by atoms with Crippen molar-refractivity contribution in [3.05, 3.63) is 59.1 Å². The minimum absolute atomic E-state index is 0.0914. The van der Waals surface area contributed by atoms with Crippen molar-refractivity contribution >= 4 is 34.8 Å². The minimum Gasteiger partial charge on any atom is -0.376 e. The average molecular weight is 372 g/mol. The largest absolute Gasteiger partial charge is 0.376 e. The average Bonchev–Trinajstić information content (AvgIpc) is 3.07. The van der Waals surface area contributed by atoms with E-state index in [1.54, 1.807) is 4.90 Å². The summed E-state index contributed by atoms with van der Waals surface area (Å²) in [6.45, 7) is 2.89. The highest BCUT2D eigenvalue weighted by Gasteiger charge is 2.21. The van der Waals surface area contributed by atoms with Crippen molar-refractivity contribution in [2.45, 2.75) is 25.8 Å². The number of amides is 2. The Labute approximate surface area is 158 Å². The molecule has 1 unspecified atom stereocenters. The summed E-state index contributed by atoms with van der Waals surface area (Å²) in [6.07, 6.45) is 1.52. The Morgan fingerprint density at radius 1 is 1.15 bits per heavy atom. The van der Waals surface area contributed by atoms with E-state index in [1.807, 2.05) is 55.5 Å². The summed E-state index contributed by atoms with van der Waals surface area (Å²) in [5.74, 6) is 0.0764. The summed E-state index contributed by atoms with van der Waals surface area (Å²) >= 11 is 5.88. The summed E-state index contributed by atoms with van der Waals surface area (Å²) in [4.78, 5) is 25.7. The van der Waals surface area contributed by atoms with Gasteiger partial charge in [-0.2, -0.15) is 0 Å². The van der Waals surface area contributed by atoms with Gasteiger partial charge in [0.25, 0.3) is 0 Å². The van der Waals surface area contributed by atoms with Crippen molar-refractivity contribution in [3.8, 4) is 0 Å². The SMILES string of the molecule is CC(NC(=O)CNc1ccc(N2CCCC2=O)cc1)c1ccc(Cl)cc1. The lowest BCUT2D eigenvalue weighted by atomic mass is 10.1. The molecular formula is C20H22ClN3O2. The summed E-state index contributed by atoms with van der Waals surface area (Å²) in [6, 6.07) is 14.9. The minimum atomic E-state index is -0.0925. The summed E-state index contributed by atoms with van der Waals surface area (Å²) < 4.78 is 0. The van der Waals surface area contributed by atoms with Crippen LogP contribution >= 0.6 is 11.6 Å². The molecule has 3 rings (SSSR count). The van der Waals surface area contributed by atoms with E-state index in [2.05, 4.69) is 10.6 Å². The van der Waals surface area contributed by atoms with Crippen molar-refractivity contribution in [1.82, 2.24) is 5.32 Å². The zero-order chi connectivity index (χ0) is 18.5. The lowest BCUT2D eigenvalue weighted by molar-refractivity contribution is -0.120. The third kappa shape index (κ3) is 4.55. The smallest absolute Gasteiger partial charge is 0.239 e. The van der Waals surface area contributed by atoms with Crippen molar-refractivity contribution in [2.24, 2.45) is 0 Å². The molecule has 6 heteroatoms. The van der Waals surface area contributed by atoms with Crippen LogP contribution in [0.1, 0.15) is 31.4 Å². The summed E-state index contributed by atoms with van der Waals surface area (Å²) in [5, 5.41) is 6.73. The van der Waals surface area contributed by atoms with Crippen molar-refractivity contribution < 1.29 is 9.59 Å². The van der Waals surface area contributed by atoms with E-state index in [1.165, 1.54) is 0 Å². The molecule has 2 aromatic rings. The summed E-state index contributed by atoms with van der Waals surface area (Å²) in [5.41, 5.74) is 2.75. The fourth-order valence-corrected chi connectivity index (χ4v) is 3.12. The molecule has 1 fully saturated rings. The first-order valence-corrected chi connectivity index (χ1v) is 9.10. The standard InChI is InChI=1S/C20H22ClN3O2/c1-14(15-4-6-16(21)7-5-15)23-19(25)13-22-17-8-10-18(11-9-17)24-12-2-3-20(24)26/h4-11,14,22H,2-3,12-13H2,1H3,(H,23,25). The van der Waals surface area contributed by atoms with E-state index in [0.717, 1.165) is 29.9 Å². The molecule has 1 aliphatic rings. The molecule has 0 saturated carbocycles. The van der Waals surface area contributed by atoms with Crippen molar-refractivity contribution in [3.63, 3.8) is 0 Å². The maximum atomic E-state index is 12.1. The van der Waals surface area contributed by atoms with Crippen LogP contribution in [-0.4, -0.2) is 24.9 Å². The molecule has 1 atom stereocenters. The molecule has 2 N–H and O–H groups in total. The predicted octanol–water partition coefficient (Wildman–Crippen LogP) is 3.76. The van der Waals surface area contributed by atoms with Crippen LogP contribution in [0.3, 0.4) is 0 Å². The number of hydrogen-bond acceptors (Lipinski definition) is 3. The molecule has 1 aliphatic heterocycles. The van der Waals surface area contributed by atoms with E-state index < -0.39 is 0 Å². The van der Waals surface area contributed by atoms with E-state index in [-0.39, 0.29) is 24.4 Å². The molecule has 2 aromatic carbocycles. The lowest BCUT2D eigenvalue weighted by Crippen LogP contribution is -2.32. The third-order valence-electron chi connectivity index (χ3n) is 4.45. The fraction of sp³-hybridized carbons (Fsp3) is 0.300. The van der Waals surface area contributed by atoms with Gasteiger partial charge in [-0.05, 0) is 55.3 Å². The zero-order valence-electron chi connectivity index (χ0n) is 14.7. The molecule has 5 nitrogen and oxygen atoms in total. The third-order valence-corrected chi connectivity index (χ3v) is 4.70. The normalized spacial score (nSPS) is 15.0. The molecule has 0 aromatic heterocycles. The van der Waals surface area contributed by atoms with Gasteiger partial charge in [0.2, 0.25) is 11.8 Å². The van der Waals surface area contributed by atoms with Crippen LogP contribution < -0.4 is 15.5 Å². The molecular weight excluding hydrogens is 350 g/mol. The van der Waals surface area contributed by atoms with Gasteiger partial charge in [-0.15, -0.1) is 0 Å².